The standard InChI is InChI=1S/C17H15NO6/c1-23-13-5-3-4-12(10-13)15(19)7-6-11-8-14(18(21)22)17(20)16(9-11)24-2/h3-10,20H,1-2H3. The number of nitro groups is 1. The molecule has 2 rings (SSSR count). The minimum Gasteiger partial charge on any atom is -0.500 e. The fourth-order valence-electron chi connectivity index (χ4n) is 2.05. The molecule has 0 heterocycles. The number of phenols is 1. The van der Waals surface area contributed by atoms with Gasteiger partial charge in [-0.15, -0.1) is 0 Å². The molecule has 0 aliphatic carbocycles. The Hall–Kier alpha value is -3.35. The quantitative estimate of drug-likeness (QED) is 0.378. The van der Waals surface area contributed by atoms with Crippen LogP contribution in [0.3, 0.4) is 0 Å². The lowest BCUT2D eigenvalue weighted by atomic mass is 10.1. The minimum absolute atomic E-state index is 0.0438. The molecule has 0 aliphatic heterocycles. The third kappa shape index (κ3) is 3.70. The van der Waals surface area contributed by atoms with Crippen molar-refractivity contribution in [1.29, 1.82) is 0 Å². The number of hydrogen-bond donors (Lipinski definition) is 1. The van der Waals surface area contributed by atoms with E-state index in [0.717, 1.165) is 6.07 Å². The van der Waals surface area contributed by atoms with Crippen LogP contribution in [0.2, 0.25) is 0 Å². The van der Waals surface area contributed by atoms with Gasteiger partial charge in [-0.2, -0.15) is 0 Å². The molecule has 1 N–H and O–H groups in total. The number of carbonyl (C=O) groups is 1. The molecular formula is C17H15NO6. The van der Waals surface area contributed by atoms with E-state index in [1.165, 1.54) is 32.4 Å². The molecule has 0 amide bonds. The smallest absolute Gasteiger partial charge is 0.315 e. The second-order valence-electron chi connectivity index (χ2n) is 4.78. The number of rotatable bonds is 6. The maximum absolute atomic E-state index is 12.2. The lowest BCUT2D eigenvalue weighted by Gasteiger charge is -2.05. The third-order valence-electron chi connectivity index (χ3n) is 3.28. The SMILES string of the molecule is COc1cccc(C(=O)C=Cc2cc(OC)c(O)c([N+](=O)[O-])c2)c1. The van der Waals surface area contributed by atoms with Gasteiger partial charge in [0.2, 0.25) is 5.75 Å². The van der Waals surface area contributed by atoms with Gasteiger partial charge in [0.15, 0.2) is 11.5 Å². The van der Waals surface area contributed by atoms with Crippen LogP contribution in [-0.2, 0) is 0 Å². The highest BCUT2D eigenvalue weighted by Crippen LogP contribution is 2.37. The number of hydrogen-bond acceptors (Lipinski definition) is 6. The molecule has 0 radical (unpaired) electrons. The molecule has 0 saturated heterocycles. The van der Waals surface area contributed by atoms with Crippen molar-refractivity contribution in [3.8, 4) is 17.2 Å². The number of carbonyl (C=O) groups excluding carboxylic acids is 1. The number of phenolic OH excluding ortho intramolecular Hbond substituents is 1. The van der Waals surface area contributed by atoms with Gasteiger partial charge in [-0.25, -0.2) is 0 Å². The average molecular weight is 329 g/mol. The van der Waals surface area contributed by atoms with Gasteiger partial charge >= 0.3 is 5.69 Å². The molecule has 24 heavy (non-hydrogen) atoms. The van der Waals surface area contributed by atoms with Crippen LogP contribution < -0.4 is 9.47 Å². The van der Waals surface area contributed by atoms with E-state index in [2.05, 4.69) is 0 Å². The van der Waals surface area contributed by atoms with Crippen LogP contribution in [-0.4, -0.2) is 30.0 Å². The minimum atomic E-state index is -0.723. The fraction of sp³-hybridized carbons (Fsp3) is 0.118. The maximum atomic E-state index is 12.2. The maximum Gasteiger partial charge on any atom is 0.315 e. The third-order valence-corrected chi connectivity index (χ3v) is 3.28. The molecule has 0 aromatic heterocycles. The Morgan fingerprint density at radius 1 is 1.21 bits per heavy atom. The van der Waals surface area contributed by atoms with Crippen LogP contribution in [0.4, 0.5) is 5.69 Å². The monoisotopic (exact) mass is 329 g/mol. The normalized spacial score (nSPS) is 10.6. The van der Waals surface area contributed by atoms with Crippen molar-refractivity contribution in [2.24, 2.45) is 0 Å². The number of nitro benzene ring substituents is 1. The molecule has 0 fully saturated rings. The fourth-order valence-corrected chi connectivity index (χ4v) is 2.05. The number of aromatic hydroxyl groups is 1. The van der Waals surface area contributed by atoms with Gasteiger partial charge in [-0.05, 0) is 29.8 Å². The number of allylic oxidation sites excluding steroid dienone is 1. The van der Waals surface area contributed by atoms with Crippen molar-refractivity contribution in [2.75, 3.05) is 14.2 Å². The molecule has 0 spiro atoms. The molecule has 0 aliphatic rings. The number of ketones is 1. The van der Waals surface area contributed by atoms with Crippen LogP contribution in [0.15, 0.2) is 42.5 Å². The van der Waals surface area contributed by atoms with Gasteiger partial charge in [-0.3, -0.25) is 14.9 Å². The Bertz CT molecular complexity index is 813. The first-order chi connectivity index (χ1) is 11.5. The van der Waals surface area contributed by atoms with Gasteiger partial charge < -0.3 is 14.6 Å². The van der Waals surface area contributed by atoms with Crippen LogP contribution in [0.5, 0.6) is 17.2 Å². The summed E-state index contributed by atoms with van der Waals surface area (Å²) >= 11 is 0. The summed E-state index contributed by atoms with van der Waals surface area (Å²) in [5, 5.41) is 20.7. The first-order valence-electron chi connectivity index (χ1n) is 6.88. The summed E-state index contributed by atoms with van der Waals surface area (Å²) in [7, 11) is 2.79. The van der Waals surface area contributed by atoms with Crippen LogP contribution in [0.25, 0.3) is 6.08 Å². The summed E-state index contributed by atoms with van der Waals surface area (Å²) in [5.41, 5.74) is 0.279. The highest BCUT2D eigenvalue weighted by atomic mass is 16.6. The first-order valence-corrected chi connectivity index (χ1v) is 6.88. The summed E-state index contributed by atoms with van der Waals surface area (Å²) in [6.07, 6.45) is 2.70. The average Bonchev–Trinajstić information content (AvgIpc) is 2.60. The van der Waals surface area contributed by atoms with E-state index in [1.807, 2.05) is 0 Å². The largest absolute Gasteiger partial charge is 0.500 e. The van der Waals surface area contributed by atoms with Gasteiger partial charge in [0.1, 0.15) is 5.75 Å². The van der Waals surface area contributed by atoms with Crippen molar-refractivity contribution in [2.45, 2.75) is 0 Å². The van der Waals surface area contributed by atoms with Gasteiger partial charge in [0.05, 0.1) is 19.1 Å². The lowest BCUT2D eigenvalue weighted by molar-refractivity contribution is -0.386. The Morgan fingerprint density at radius 2 is 1.96 bits per heavy atom. The zero-order valence-corrected chi connectivity index (χ0v) is 13.1. The molecule has 0 bridgehead atoms. The molecule has 2 aromatic rings. The Balaban J connectivity index is 2.32. The zero-order valence-electron chi connectivity index (χ0n) is 13.1. The number of nitrogens with zero attached hydrogens (tertiary/aromatic N) is 1. The molecule has 0 unspecified atom stereocenters. The van der Waals surface area contributed by atoms with Crippen molar-refractivity contribution in [3.05, 3.63) is 63.7 Å². The summed E-state index contributed by atoms with van der Waals surface area (Å²) in [6.45, 7) is 0. The number of methoxy groups -OCH3 is 2. The van der Waals surface area contributed by atoms with Crippen molar-refractivity contribution in [3.63, 3.8) is 0 Å². The van der Waals surface area contributed by atoms with Gasteiger partial charge in [0, 0.05) is 11.6 Å². The summed E-state index contributed by atoms with van der Waals surface area (Å²) in [5.74, 6) is -0.337. The summed E-state index contributed by atoms with van der Waals surface area (Å²) < 4.78 is 9.97. The number of benzene rings is 2. The molecule has 124 valence electrons. The Morgan fingerprint density at radius 3 is 2.58 bits per heavy atom. The Kier molecular flexibility index (Phi) is 5.16. The predicted molar refractivity (Wildman–Crippen MR) is 87.7 cm³/mol. The molecule has 0 saturated carbocycles. The summed E-state index contributed by atoms with van der Waals surface area (Å²) in [4.78, 5) is 22.4. The van der Waals surface area contributed by atoms with Crippen LogP contribution >= 0.6 is 0 Å². The van der Waals surface area contributed by atoms with Crippen LogP contribution in [0.1, 0.15) is 15.9 Å². The van der Waals surface area contributed by atoms with E-state index in [-0.39, 0.29) is 11.5 Å². The topological polar surface area (TPSA) is 98.9 Å². The second kappa shape index (κ2) is 7.28. The molecule has 2 aromatic carbocycles. The van der Waals surface area contributed by atoms with Crippen molar-refractivity contribution in [1.82, 2.24) is 0 Å². The first kappa shape index (κ1) is 17.0. The molecule has 0 atom stereocenters. The van der Waals surface area contributed by atoms with Gasteiger partial charge in [-0.1, -0.05) is 18.2 Å². The van der Waals surface area contributed by atoms with E-state index in [4.69, 9.17) is 9.47 Å². The van der Waals surface area contributed by atoms with Gasteiger partial charge in [0.25, 0.3) is 0 Å². The zero-order chi connectivity index (χ0) is 17.7. The molecular weight excluding hydrogens is 314 g/mol. The van der Waals surface area contributed by atoms with E-state index in [1.54, 1.807) is 24.3 Å². The van der Waals surface area contributed by atoms with Crippen molar-refractivity contribution < 1.29 is 24.3 Å². The van der Waals surface area contributed by atoms with E-state index in [0.29, 0.717) is 16.9 Å². The highest BCUT2D eigenvalue weighted by Gasteiger charge is 2.19. The van der Waals surface area contributed by atoms with Crippen molar-refractivity contribution >= 4 is 17.5 Å². The lowest BCUT2D eigenvalue weighted by Crippen LogP contribution is -1.96. The predicted octanol–water partition coefficient (Wildman–Crippen LogP) is 3.21. The number of ether oxygens (including phenoxy) is 2. The van der Waals surface area contributed by atoms with Crippen LogP contribution in [0, 0.1) is 10.1 Å². The molecule has 7 nitrogen and oxygen atoms in total. The second-order valence-corrected chi connectivity index (χ2v) is 4.78. The highest BCUT2D eigenvalue weighted by molar-refractivity contribution is 6.07. The van der Waals surface area contributed by atoms with E-state index < -0.39 is 16.4 Å². The van der Waals surface area contributed by atoms with E-state index in [9.17, 15) is 20.0 Å². The molecule has 7 heteroatoms. The summed E-state index contributed by atoms with van der Waals surface area (Å²) in [6, 6.07) is 9.19. The Labute approximate surface area is 137 Å². The van der Waals surface area contributed by atoms with E-state index >= 15 is 0 Å².